The van der Waals surface area contributed by atoms with Gasteiger partial charge in [-0.15, -0.1) is 6.58 Å². The summed E-state index contributed by atoms with van der Waals surface area (Å²) in [5.74, 6) is -3.47. The van der Waals surface area contributed by atoms with Gasteiger partial charge in [0.1, 0.15) is 6.61 Å². The Hall–Kier alpha value is -2.67. The van der Waals surface area contributed by atoms with E-state index in [1.54, 1.807) is 13.0 Å². The summed E-state index contributed by atoms with van der Waals surface area (Å²) in [4.78, 5) is 0. The minimum Gasteiger partial charge on any atom is -0.491 e. The van der Waals surface area contributed by atoms with Gasteiger partial charge in [-0.25, -0.2) is 0 Å². The van der Waals surface area contributed by atoms with Gasteiger partial charge in [-0.3, -0.25) is 0 Å². The van der Waals surface area contributed by atoms with Crippen molar-refractivity contribution in [1.82, 2.24) is 0 Å². The molecule has 2 heterocycles. The average Bonchev–Trinajstić information content (AvgIpc) is 2.77. The lowest BCUT2D eigenvalue weighted by Crippen LogP contribution is -2.30. The second-order valence-electron chi connectivity index (χ2n) is 7.41. The van der Waals surface area contributed by atoms with Crippen molar-refractivity contribution in [3.63, 3.8) is 0 Å². The van der Waals surface area contributed by atoms with E-state index >= 15 is 0 Å². The highest BCUT2D eigenvalue weighted by molar-refractivity contribution is 5.55. The third kappa shape index (κ3) is 3.86. The second-order valence-corrected chi connectivity index (χ2v) is 7.41. The van der Waals surface area contributed by atoms with Crippen molar-refractivity contribution in [2.45, 2.75) is 32.3 Å². The Labute approximate surface area is 173 Å². The molecule has 0 aliphatic carbocycles. The average molecular weight is 420 g/mol. The molecule has 0 N–H and O–H groups in total. The Balaban J connectivity index is 1.53. The highest BCUT2D eigenvalue weighted by Crippen LogP contribution is 2.44. The largest absolute Gasteiger partial charge is 0.491 e. The normalized spacial score (nSPS) is 20.0. The Morgan fingerprint density at radius 3 is 2.53 bits per heavy atom. The summed E-state index contributed by atoms with van der Waals surface area (Å²) in [5, 5.41) is 0. The number of hydrogen-bond donors (Lipinski definition) is 0. The molecule has 4 nitrogen and oxygen atoms in total. The van der Waals surface area contributed by atoms with E-state index in [0.717, 1.165) is 12.8 Å². The van der Waals surface area contributed by atoms with Gasteiger partial charge in [-0.1, -0.05) is 12.1 Å². The SMILES string of the molecule is C=CC1CCC(COc2cc3c(c(F)c2F)Oc2c(ccc(OCC)c2F)C3)OC1. The third-order valence-corrected chi connectivity index (χ3v) is 5.40. The highest BCUT2D eigenvalue weighted by atomic mass is 19.2. The van der Waals surface area contributed by atoms with Crippen molar-refractivity contribution in [1.29, 1.82) is 0 Å². The van der Waals surface area contributed by atoms with Gasteiger partial charge in [-0.05, 0) is 31.9 Å². The molecule has 2 aromatic carbocycles. The first-order valence-corrected chi connectivity index (χ1v) is 10.0. The van der Waals surface area contributed by atoms with E-state index in [-0.39, 0.29) is 48.7 Å². The van der Waals surface area contributed by atoms with Gasteiger partial charge in [0.25, 0.3) is 0 Å². The molecule has 2 aliphatic heterocycles. The minimum atomic E-state index is -1.20. The monoisotopic (exact) mass is 420 g/mol. The quantitative estimate of drug-likeness (QED) is 0.490. The minimum absolute atomic E-state index is 0.00621. The van der Waals surface area contributed by atoms with E-state index in [1.807, 2.05) is 6.08 Å². The molecule has 0 bridgehead atoms. The van der Waals surface area contributed by atoms with Crippen molar-refractivity contribution >= 4 is 0 Å². The van der Waals surface area contributed by atoms with Gasteiger partial charge < -0.3 is 18.9 Å². The predicted molar refractivity (Wildman–Crippen MR) is 105 cm³/mol. The molecule has 2 unspecified atom stereocenters. The maximum absolute atomic E-state index is 14.7. The summed E-state index contributed by atoms with van der Waals surface area (Å²) >= 11 is 0. The molecule has 0 radical (unpaired) electrons. The molecule has 0 saturated carbocycles. The number of benzene rings is 2. The molecule has 0 aromatic heterocycles. The Kier molecular flexibility index (Phi) is 5.90. The molecule has 0 spiro atoms. The molecule has 30 heavy (non-hydrogen) atoms. The van der Waals surface area contributed by atoms with Crippen LogP contribution < -0.4 is 14.2 Å². The highest BCUT2D eigenvalue weighted by Gasteiger charge is 2.30. The zero-order chi connectivity index (χ0) is 21.3. The zero-order valence-corrected chi connectivity index (χ0v) is 16.7. The predicted octanol–water partition coefficient (Wildman–Crippen LogP) is 5.56. The van der Waals surface area contributed by atoms with E-state index in [0.29, 0.717) is 23.7 Å². The van der Waals surface area contributed by atoms with Gasteiger partial charge >= 0.3 is 0 Å². The van der Waals surface area contributed by atoms with Crippen LogP contribution in [0.1, 0.15) is 30.9 Å². The van der Waals surface area contributed by atoms with E-state index in [1.165, 1.54) is 12.1 Å². The summed E-state index contributed by atoms with van der Waals surface area (Å²) in [6, 6.07) is 4.56. The molecule has 2 aromatic rings. The van der Waals surface area contributed by atoms with Crippen LogP contribution in [0.2, 0.25) is 0 Å². The number of ether oxygens (including phenoxy) is 4. The maximum Gasteiger partial charge on any atom is 0.207 e. The number of fused-ring (bicyclic) bond motifs is 2. The molecule has 0 amide bonds. The molecule has 4 rings (SSSR count). The van der Waals surface area contributed by atoms with Crippen LogP contribution in [-0.2, 0) is 11.2 Å². The fourth-order valence-corrected chi connectivity index (χ4v) is 3.71. The molecule has 1 saturated heterocycles. The smallest absolute Gasteiger partial charge is 0.207 e. The fourth-order valence-electron chi connectivity index (χ4n) is 3.71. The summed E-state index contributed by atoms with van der Waals surface area (Å²) in [6.07, 6.45) is 3.51. The van der Waals surface area contributed by atoms with E-state index in [4.69, 9.17) is 18.9 Å². The molecule has 2 atom stereocenters. The van der Waals surface area contributed by atoms with Crippen LogP contribution >= 0.6 is 0 Å². The first kappa shape index (κ1) is 20.6. The zero-order valence-electron chi connectivity index (χ0n) is 16.7. The number of halogens is 3. The lowest BCUT2D eigenvalue weighted by molar-refractivity contribution is -0.0281. The van der Waals surface area contributed by atoms with Crippen LogP contribution in [-0.4, -0.2) is 25.9 Å². The topological polar surface area (TPSA) is 36.9 Å². The molecule has 2 aliphatic rings. The summed E-state index contributed by atoms with van der Waals surface area (Å²) < 4.78 is 65.8. The van der Waals surface area contributed by atoms with Crippen LogP contribution in [0, 0.1) is 23.4 Å². The lowest BCUT2D eigenvalue weighted by atomic mass is 9.98. The van der Waals surface area contributed by atoms with Crippen LogP contribution in [0.5, 0.6) is 23.0 Å². The van der Waals surface area contributed by atoms with Gasteiger partial charge in [0.15, 0.2) is 23.0 Å². The van der Waals surface area contributed by atoms with Crippen molar-refractivity contribution in [3.8, 4) is 23.0 Å². The van der Waals surface area contributed by atoms with Crippen molar-refractivity contribution < 1.29 is 32.1 Å². The summed E-state index contributed by atoms with van der Waals surface area (Å²) in [5.41, 5.74) is 0.905. The fraction of sp³-hybridized carbons (Fsp3) is 0.391. The van der Waals surface area contributed by atoms with Crippen LogP contribution in [0.25, 0.3) is 0 Å². The number of rotatable bonds is 6. The summed E-state index contributed by atoms with van der Waals surface area (Å²) in [6.45, 7) is 6.41. The van der Waals surface area contributed by atoms with Crippen LogP contribution in [0.15, 0.2) is 30.9 Å². The first-order chi connectivity index (χ1) is 14.5. The van der Waals surface area contributed by atoms with Crippen LogP contribution in [0.4, 0.5) is 13.2 Å². The van der Waals surface area contributed by atoms with Crippen molar-refractivity contribution in [2.75, 3.05) is 19.8 Å². The van der Waals surface area contributed by atoms with Gasteiger partial charge in [0.05, 0.1) is 19.3 Å². The molecule has 1 fully saturated rings. The molecular formula is C23H23F3O4. The maximum atomic E-state index is 14.7. The molecular weight excluding hydrogens is 397 g/mol. The van der Waals surface area contributed by atoms with Crippen molar-refractivity contribution in [2.24, 2.45) is 5.92 Å². The lowest BCUT2D eigenvalue weighted by Gasteiger charge is -2.27. The third-order valence-electron chi connectivity index (χ3n) is 5.40. The Morgan fingerprint density at radius 1 is 1.03 bits per heavy atom. The summed E-state index contributed by atoms with van der Waals surface area (Å²) in [7, 11) is 0. The van der Waals surface area contributed by atoms with E-state index in [9.17, 15) is 13.2 Å². The molecule has 7 heteroatoms. The van der Waals surface area contributed by atoms with E-state index in [2.05, 4.69) is 6.58 Å². The Morgan fingerprint density at radius 2 is 1.83 bits per heavy atom. The second kappa shape index (κ2) is 8.60. The molecule has 160 valence electrons. The van der Waals surface area contributed by atoms with Gasteiger partial charge in [0, 0.05) is 23.5 Å². The number of hydrogen-bond acceptors (Lipinski definition) is 4. The first-order valence-electron chi connectivity index (χ1n) is 10.0. The van der Waals surface area contributed by atoms with Gasteiger partial charge in [0.2, 0.25) is 17.5 Å². The Bertz CT molecular complexity index is 952. The van der Waals surface area contributed by atoms with Gasteiger partial charge in [-0.2, -0.15) is 13.2 Å². The van der Waals surface area contributed by atoms with Crippen LogP contribution in [0.3, 0.4) is 0 Å². The standard InChI is InChI=1S/C23H23F3O4/c1-3-13-5-7-16(28-11-13)12-29-18-10-15-9-14-6-8-17(27-4-2)20(25)22(14)30-23(15)21(26)19(18)24/h3,6,8,10,13,16H,1,4-5,7,9,11-12H2,2H3. The van der Waals surface area contributed by atoms with E-state index < -0.39 is 17.5 Å². The van der Waals surface area contributed by atoms with Crippen molar-refractivity contribution in [3.05, 3.63) is 59.4 Å².